The fourth-order valence-electron chi connectivity index (χ4n) is 6.68. The first-order valence-corrected chi connectivity index (χ1v) is 11.5. The van der Waals surface area contributed by atoms with Gasteiger partial charge < -0.3 is 10.6 Å². The van der Waals surface area contributed by atoms with E-state index in [2.05, 4.69) is 56.5 Å². The summed E-state index contributed by atoms with van der Waals surface area (Å²) in [5.41, 5.74) is 5.63. The predicted octanol–water partition coefficient (Wildman–Crippen LogP) is 6.01. The van der Waals surface area contributed by atoms with Crippen LogP contribution in [0.1, 0.15) is 88.8 Å². The maximum absolute atomic E-state index is 3.87. The Bertz CT molecular complexity index is 671. The van der Waals surface area contributed by atoms with E-state index >= 15 is 0 Å². The molecule has 2 fully saturated rings. The molecular weight excluding hydrogens is 399 g/mol. The fraction of sp³-hybridized carbons (Fsp3) is 0.760. The molecule has 4 heteroatoms. The van der Waals surface area contributed by atoms with Crippen LogP contribution < -0.4 is 10.6 Å². The number of halogens is 2. The maximum Gasteiger partial charge on any atom is 0.0192 e. The summed E-state index contributed by atoms with van der Waals surface area (Å²) in [5.74, 6) is 1.44. The van der Waals surface area contributed by atoms with Crippen molar-refractivity contribution >= 4 is 24.8 Å². The van der Waals surface area contributed by atoms with Gasteiger partial charge in [-0.05, 0) is 84.4 Å². The van der Waals surface area contributed by atoms with Crippen LogP contribution in [0.15, 0.2) is 18.2 Å². The monoisotopic (exact) mass is 440 g/mol. The molecule has 0 spiro atoms. The molecule has 2 unspecified atom stereocenters. The second-order valence-corrected chi connectivity index (χ2v) is 10.5. The van der Waals surface area contributed by atoms with Gasteiger partial charge in [-0.25, -0.2) is 0 Å². The minimum Gasteiger partial charge on any atom is -0.315 e. The quantitative estimate of drug-likeness (QED) is 0.585. The van der Waals surface area contributed by atoms with E-state index in [1.54, 1.807) is 11.1 Å². The van der Waals surface area contributed by atoms with Crippen molar-refractivity contribution in [1.29, 1.82) is 0 Å². The van der Waals surface area contributed by atoms with Crippen LogP contribution >= 0.6 is 24.8 Å². The van der Waals surface area contributed by atoms with Crippen molar-refractivity contribution in [1.82, 2.24) is 10.6 Å². The first-order chi connectivity index (χ1) is 12.9. The van der Waals surface area contributed by atoms with Gasteiger partial charge in [0.1, 0.15) is 0 Å². The Morgan fingerprint density at radius 1 is 1.10 bits per heavy atom. The highest BCUT2D eigenvalue weighted by Crippen LogP contribution is 2.57. The summed E-state index contributed by atoms with van der Waals surface area (Å²) >= 11 is 0. The van der Waals surface area contributed by atoms with Gasteiger partial charge in [0.05, 0.1) is 0 Å². The van der Waals surface area contributed by atoms with Crippen molar-refractivity contribution in [2.45, 2.75) is 90.0 Å². The summed E-state index contributed by atoms with van der Waals surface area (Å²) in [5, 5.41) is 7.51. The Hall–Kier alpha value is -0.280. The Morgan fingerprint density at radius 3 is 2.59 bits per heavy atom. The van der Waals surface area contributed by atoms with Crippen LogP contribution in [-0.2, 0) is 11.8 Å². The third-order valence-corrected chi connectivity index (χ3v) is 8.25. The van der Waals surface area contributed by atoms with Crippen LogP contribution in [0.4, 0.5) is 0 Å². The van der Waals surface area contributed by atoms with Crippen LogP contribution in [0.25, 0.3) is 0 Å². The van der Waals surface area contributed by atoms with Crippen LogP contribution in [0, 0.1) is 11.3 Å². The van der Waals surface area contributed by atoms with E-state index < -0.39 is 0 Å². The van der Waals surface area contributed by atoms with Crippen molar-refractivity contribution in [3.63, 3.8) is 0 Å². The van der Waals surface area contributed by atoms with E-state index in [0.29, 0.717) is 22.8 Å². The lowest BCUT2D eigenvalue weighted by molar-refractivity contribution is 0.0257. The summed E-state index contributed by atoms with van der Waals surface area (Å²) in [7, 11) is 0. The second-order valence-electron chi connectivity index (χ2n) is 10.5. The molecule has 0 amide bonds. The van der Waals surface area contributed by atoms with Crippen molar-refractivity contribution in [3.05, 3.63) is 34.9 Å². The summed E-state index contributed by atoms with van der Waals surface area (Å²) in [6.45, 7) is 13.3. The molecule has 0 radical (unpaired) electrons. The average Bonchev–Trinajstić information content (AvgIpc) is 3.14. The molecule has 1 saturated heterocycles. The van der Waals surface area contributed by atoms with Crippen LogP contribution in [0.5, 0.6) is 0 Å². The van der Waals surface area contributed by atoms with Gasteiger partial charge in [-0.15, -0.1) is 24.8 Å². The zero-order chi connectivity index (χ0) is 19.1. The molecule has 1 heterocycles. The van der Waals surface area contributed by atoms with Gasteiger partial charge in [0, 0.05) is 19.1 Å². The Kier molecular flexibility index (Phi) is 8.53. The highest BCUT2D eigenvalue weighted by atomic mass is 35.5. The lowest BCUT2D eigenvalue weighted by atomic mass is 9.49. The number of rotatable bonds is 5. The molecule has 2 aliphatic carbocycles. The second kappa shape index (κ2) is 9.90. The molecule has 166 valence electrons. The van der Waals surface area contributed by atoms with Gasteiger partial charge in [-0.1, -0.05) is 52.3 Å². The molecule has 2 N–H and O–H groups in total. The molecule has 4 atom stereocenters. The summed E-state index contributed by atoms with van der Waals surface area (Å²) in [6.07, 6.45) is 9.46. The fourth-order valence-corrected chi connectivity index (χ4v) is 6.68. The van der Waals surface area contributed by atoms with Crippen molar-refractivity contribution < 1.29 is 0 Å². The molecule has 29 heavy (non-hydrogen) atoms. The SMILES string of the molecule is CC(C)c1ccc2c(c1)CCC1[C@](C)(CNCC3CCCN3)CCC[C@]21C.Cl.Cl. The van der Waals surface area contributed by atoms with E-state index in [9.17, 15) is 0 Å². The van der Waals surface area contributed by atoms with Crippen LogP contribution in [-0.4, -0.2) is 25.7 Å². The van der Waals surface area contributed by atoms with Gasteiger partial charge >= 0.3 is 0 Å². The molecule has 1 aliphatic heterocycles. The van der Waals surface area contributed by atoms with Crippen molar-refractivity contribution in [2.24, 2.45) is 11.3 Å². The van der Waals surface area contributed by atoms with Crippen molar-refractivity contribution in [2.75, 3.05) is 19.6 Å². The summed E-state index contributed by atoms with van der Waals surface area (Å²) < 4.78 is 0. The van der Waals surface area contributed by atoms with E-state index in [-0.39, 0.29) is 24.8 Å². The van der Waals surface area contributed by atoms with Crippen LogP contribution in [0.3, 0.4) is 0 Å². The lowest BCUT2D eigenvalue weighted by Gasteiger charge is -2.56. The standard InChI is InChI=1S/C25H40N2.2ClH/c1-18(2)19-8-10-22-20(15-19)9-11-23-24(3,12-6-13-25(22,23)4)17-26-16-21-7-5-14-27-21;;/h8,10,15,18,21,23,26-27H,5-7,9,11-14,16-17H2,1-4H3;2*1H/t21?,23?,24-,25+;;/m0../s1. The van der Waals surface area contributed by atoms with E-state index in [1.807, 2.05) is 0 Å². The highest BCUT2D eigenvalue weighted by molar-refractivity contribution is 5.85. The summed E-state index contributed by atoms with van der Waals surface area (Å²) in [6, 6.07) is 8.13. The molecule has 0 bridgehead atoms. The molecule has 3 aliphatic rings. The van der Waals surface area contributed by atoms with Gasteiger partial charge in [-0.3, -0.25) is 0 Å². The minimum absolute atomic E-state index is 0. The Balaban J connectivity index is 0.00000150. The lowest BCUT2D eigenvalue weighted by Crippen LogP contribution is -2.53. The number of nitrogens with one attached hydrogen (secondary N) is 2. The normalized spacial score (nSPS) is 33.4. The zero-order valence-electron chi connectivity index (χ0n) is 18.9. The van der Waals surface area contributed by atoms with E-state index in [0.717, 1.165) is 12.5 Å². The molecule has 0 aromatic heterocycles. The first-order valence-electron chi connectivity index (χ1n) is 11.5. The molecule has 4 rings (SSSR count). The van der Waals surface area contributed by atoms with Gasteiger partial charge in [0.2, 0.25) is 0 Å². The highest BCUT2D eigenvalue weighted by Gasteiger charge is 2.51. The smallest absolute Gasteiger partial charge is 0.0192 e. The number of hydrogen-bond acceptors (Lipinski definition) is 2. The minimum atomic E-state index is 0. The summed E-state index contributed by atoms with van der Waals surface area (Å²) in [4.78, 5) is 0. The van der Waals surface area contributed by atoms with Crippen molar-refractivity contribution in [3.8, 4) is 0 Å². The largest absolute Gasteiger partial charge is 0.315 e. The third kappa shape index (κ3) is 4.81. The average molecular weight is 442 g/mol. The number of aryl methyl sites for hydroxylation is 1. The predicted molar refractivity (Wildman–Crippen MR) is 130 cm³/mol. The van der Waals surface area contributed by atoms with E-state index in [1.165, 1.54) is 63.6 Å². The van der Waals surface area contributed by atoms with E-state index in [4.69, 9.17) is 0 Å². The van der Waals surface area contributed by atoms with Gasteiger partial charge in [-0.2, -0.15) is 0 Å². The van der Waals surface area contributed by atoms with Gasteiger partial charge in [0.25, 0.3) is 0 Å². The molecule has 2 nitrogen and oxygen atoms in total. The number of benzene rings is 1. The molecule has 1 aromatic rings. The topological polar surface area (TPSA) is 24.1 Å². The Morgan fingerprint density at radius 2 is 1.90 bits per heavy atom. The maximum atomic E-state index is 3.87. The molecular formula is C25H42Cl2N2. The molecule has 1 aromatic carbocycles. The third-order valence-electron chi connectivity index (χ3n) is 8.25. The van der Waals surface area contributed by atoms with Crippen LogP contribution in [0.2, 0.25) is 0 Å². The zero-order valence-corrected chi connectivity index (χ0v) is 20.5. The Labute approximate surface area is 191 Å². The number of fused-ring (bicyclic) bond motifs is 3. The van der Waals surface area contributed by atoms with Gasteiger partial charge in [0.15, 0.2) is 0 Å². The number of hydrogen-bond donors (Lipinski definition) is 2. The first kappa shape index (κ1) is 25.0. The molecule has 1 saturated carbocycles.